The molecule has 2 aromatic heterocycles. The van der Waals surface area contributed by atoms with Gasteiger partial charge in [-0.15, -0.1) is 0 Å². The molecule has 0 radical (unpaired) electrons. The number of halogens is 8. The maximum atomic E-state index is 14.0. The number of nitrogens with one attached hydrogen (secondary N) is 2. The number of carbonyl (C=O) groups is 2. The van der Waals surface area contributed by atoms with Gasteiger partial charge in [0.1, 0.15) is 5.52 Å². The fourth-order valence-corrected chi connectivity index (χ4v) is 6.30. The normalized spacial score (nSPS) is 18.8. The van der Waals surface area contributed by atoms with Crippen molar-refractivity contribution < 1.29 is 49.4 Å². The van der Waals surface area contributed by atoms with Crippen LogP contribution in [0.15, 0.2) is 24.3 Å². The van der Waals surface area contributed by atoms with Crippen LogP contribution in [0.3, 0.4) is 0 Å². The Balaban J connectivity index is 1.34. The fourth-order valence-electron chi connectivity index (χ4n) is 6.30. The van der Waals surface area contributed by atoms with Crippen LogP contribution >= 0.6 is 0 Å². The molecule has 0 atom stereocenters. The molecule has 1 aromatic carbocycles. The van der Waals surface area contributed by atoms with Gasteiger partial charge in [0.25, 0.3) is 6.43 Å². The molecule has 2 aliphatic rings. The summed E-state index contributed by atoms with van der Waals surface area (Å²) >= 11 is 0. The Morgan fingerprint density at radius 2 is 1.71 bits per heavy atom. The van der Waals surface area contributed by atoms with Gasteiger partial charge in [-0.05, 0) is 74.6 Å². The molecule has 49 heavy (non-hydrogen) atoms. The molecule has 268 valence electrons. The lowest BCUT2D eigenvalue weighted by molar-refractivity contribution is -0.184. The molecular formula is C33H37F8N5O3. The van der Waals surface area contributed by atoms with E-state index in [2.05, 4.69) is 20.6 Å². The molecule has 1 amide bonds. The molecule has 16 heteroatoms. The molecule has 2 heterocycles. The first-order chi connectivity index (χ1) is 23.1. The van der Waals surface area contributed by atoms with Crippen LogP contribution in [-0.2, 0) is 24.6 Å². The monoisotopic (exact) mass is 703 g/mol. The average Bonchev–Trinajstić information content (AvgIpc) is 3.30. The van der Waals surface area contributed by atoms with Crippen molar-refractivity contribution >= 4 is 34.5 Å². The molecule has 2 saturated carbocycles. The van der Waals surface area contributed by atoms with Gasteiger partial charge in [0, 0.05) is 25.9 Å². The maximum Gasteiger partial charge on any atom is 0.418 e. The summed E-state index contributed by atoms with van der Waals surface area (Å²) in [5.74, 6) is -2.53. The lowest BCUT2D eigenvalue weighted by atomic mass is 9.79. The molecule has 8 nitrogen and oxygen atoms in total. The Morgan fingerprint density at radius 3 is 2.33 bits per heavy atom. The van der Waals surface area contributed by atoms with E-state index in [1.165, 1.54) is 29.8 Å². The number of ether oxygens (including phenoxy) is 1. The van der Waals surface area contributed by atoms with Crippen LogP contribution in [0.5, 0.6) is 5.88 Å². The number of alkyl halides is 8. The number of pyridine rings is 1. The number of nitrogens with zero attached hydrogens (tertiary/aromatic N) is 3. The second-order valence-electron chi connectivity index (χ2n) is 12.8. The summed E-state index contributed by atoms with van der Waals surface area (Å²) in [6.45, 7) is -1.05. The number of imidazole rings is 1. The third-order valence-electron chi connectivity index (χ3n) is 9.36. The third kappa shape index (κ3) is 8.98. The molecule has 5 rings (SSSR count). The van der Waals surface area contributed by atoms with Crippen molar-refractivity contribution in [3.8, 4) is 5.88 Å². The van der Waals surface area contributed by atoms with Crippen LogP contribution in [0, 0.1) is 17.8 Å². The standard InChI is InChI=1S/C33H37F8N5O3/c1-46-28-25(44-31(46)43-24-14-19(10-13-23(24)33(39,40)41)16-42-29(48)20-5-3-6-20)15-22(30(45-28)49-17-27(34)35)26(47)7-2-4-18-8-11-21(12-9-18)32(36,37)38/h10,13-15,18,20-21,27H,2-9,11-12,16-17H2,1H3,(H,42,48)(H,43,44). The fraction of sp³-hybridized carbons (Fsp3) is 0.576. The van der Waals surface area contributed by atoms with E-state index >= 15 is 0 Å². The highest BCUT2D eigenvalue weighted by molar-refractivity contribution is 6.00. The van der Waals surface area contributed by atoms with E-state index < -0.39 is 48.5 Å². The highest BCUT2D eigenvalue weighted by atomic mass is 19.4. The third-order valence-corrected chi connectivity index (χ3v) is 9.36. The van der Waals surface area contributed by atoms with Crippen molar-refractivity contribution in [1.82, 2.24) is 19.9 Å². The van der Waals surface area contributed by atoms with Gasteiger partial charge in [-0.3, -0.25) is 14.2 Å². The summed E-state index contributed by atoms with van der Waals surface area (Å²) in [4.78, 5) is 34.1. The van der Waals surface area contributed by atoms with Crippen molar-refractivity contribution in [1.29, 1.82) is 0 Å². The number of carbonyl (C=O) groups excluding carboxylic acids is 2. The number of hydrogen-bond acceptors (Lipinski definition) is 6. The Kier molecular flexibility index (Phi) is 11.0. The van der Waals surface area contributed by atoms with E-state index in [1.54, 1.807) is 0 Å². The Hall–Kier alpha value is -3.98. The minimum absolute atomic E-state index is 0.0113. The molecule has 0 bridgehead atoms. The molecule has 0 unspecified atom stereocenters. The molecule has 2 N–H and O–H groups in total. The predicted molar refractivity (Wildman–Crippen MR) is 164 cm³/mol. The van der Waals surface area contributed by atoms with Crippen molar-refractivity contribution in [2.75, 3.05) is 11.9 Å². The van der Waals surface area contributed by atoms with E-state index in [9.17, 15) is 44.7 Å². The van der Waals surface area contributed by atoms with Gasteiger partial charge in [0.15, 0.2) is 18.0 Å². The molecule has 2 fully saturated rings. The molecule has 0 spiro atoms. The quantitative estimate of drug-likeness (QED) is 0.137. The highest BCUT2D eigenvalue weighted by Gasteiger charge is 2.41. The molecule has 0 saturated heterocycles. The molecule has 2 aliphatic carbocycles. The second-order valence-corrected chi connectivity index (χ2v) is 12.8. The van der Waals surface area contributed by atoms with Gasteiger partial charge in [-0.25, -0.2) is 13.8 Å². The summed E-state index contributed by atoms with van der Waals surface area (Å²) in [6, 6.07) is 4.69. The van der Waals surface area contributed by atoms with Crippen LogP contribution in [-0.4, -0.2) is 45.4 Å². The van der Waals surface area contributed by atoms with Gasteiger partial charge in [-0.1, -0.05) is 18.9 Å². The van der Waals surface area contributed by atoms with Crippen LogP contribution < -0.4 is 15.4 Å². The average molecular weight is 704 g/mol. The van der Waals surface area contributed by atoms with E-state index in [-0.39, 0.29) is 71.9 Å². The number of hydrogen-bond donors (Lipinski definition) is 2. The smallest absolute Gasteiger partial charge is 0.418 e. The molecule has 3 aromatic rings. The van der Waals surface area contributed by atoms with Gasteiger partial charge in [0.2, 0.25) is 17.7 Å². The number of Topliss-reactive ketones (excluding diaryl/α,β-unsaturated/α-hetero) is 1. The lowest BCUT2D eigenvalue weighted by Crippen LogP contribution is -2.34. The van der Waals surface area contributed by atoms with Crippen LogP contribution in [0.4, 0.5) is 46.8 Å². The number of ketones is 1. The van der Waals surface area contributed by atoms with Crippen molar-refractivity contribution in [3.63, 3.8) is 0 Å². The van der Waals surface area contributed by atoms with Gasteiger partial charge >= 0.3 is 12.4 Å². The number of aryl methyl sites for hydroxylation is 1. The number of aromatic nitrogens is 3. The van der Waals surface area contributed by atoms with Gasteiger partial charge < -0.3 is 15.4 Å². The lowest BCUT2D eigenvalue weighted by Gasteiger charge is -2.29. The van der Waals surface area contributed by atoms with Crippen molar-refractivity contribution in [2.45, 2.75) is 89.5 Å². The zero-order valence-electron chi connectivity index (χ0n) is 26.7. The number of rotatable bonds is 13. The summed E-state index contributed by atoms with van der Waals surface area (Å²) in [6.07, 6.45) is -7.68. The Bertz CT molecular complexity index is 1640. The molecule has 0 aliphatic heterocycles. The van der Waals surface area contributed by atoms with Gasteiger partial charge in [0.05, 0.1) is 22.7 Å². The summed E-state index contributed by atoms with van der Waals surface area (Å²) in [5.41, 5.74) is -0.952. The zero-order valence-corrected chi connectivity index (χ0v) is 26.7. The molecular weight excluding hydrogens is 666 g/mol. The SMILES string of the molecule is Cn1c(Nc2cc(CNC(=O)C3CCC3)ccc2C(F)(F)F)nc2cc(C(=O)CCCC3CCC(C(F)(F)F)CC3)c(OCC(F)F)nc21. The van der Waals surface area contributed by atoms with E-state index in [1.807, 2.05) is 0 Å². The largest absolute Gasteiger partial charge is 0.471 e. The Morgan fingerprint density at radius 1 is 1.00 bits per heavy atom. The van der Waals surface area contributed by atoms with E-state index in [0.717, 1.165) is 25.3 Å². The first-order valence-corrected chi connectivity index (χ1v) is 16.2. The minimum Gasteiger partial charge on any atom is -0.471 e. The maximum absolute atomic E-state index is 14.0. The minimum atomic E-state index is -4.74. The first kappa shape index (κ1) is 36.3. The van der Waals surface area contributed by atoms with Crippen LogP contribution in [0.1, 0.15) is 85.7 Å². The van der Waals surface area contributed by atoms with Crippen LogP contribution in [0.25, 0.3) is 11.2 Å². The van der Waals surface area contributed by atoms with E-state index in [0.29, 0.717) is 31.2 Å². The number of fused-ring (bicyclic) bond motifs is 1. The summed E-state index contributed by atoms with van der Waals surface area (Å²) in [7, 11) is 1.44. The van der Waals surface area contributed by atoms with Gasteiger partial charge in [-0.2, -0.15) is 31.3 Å². The second kappa shape index (κ2) is 14.9. The van der Waals surface area contributed by atoms with Crippen LogP contribution in [0.2, 0.25) is 0 Å². The highest BCUT2D eigenvalue weighted by Crippen LogP contribution is 2.41. The summed E-state index contributed by atoms with van der Waals surface area (Å²) < 4.78 is 114. The predicted octanol–water partition coefficient (Wildman–Crippen LogP) is 8.51. The van der Waals surface area contributed by atoms with Crippen molar-refractivity contribution in [3.05, 3.63) is 41.0 Å². The Labute approximate surface area is 277 Å². The number of amides is 1. The topological polar surface area (TPSA) is 98.1 Å². The van der Waals surface area contributed by atoms with E-state index in [4.69, 9.17) is 4.74 Å². The first-order valence-electron chi connectivity index (χ1n) is 16.2. The summed E-state index contributed by atoms with van der Waals surface area (Å²) in [5, 5.41) is 5.42. The zero-order chi connectivity index (χ0) is 35.5. The number of benzene rings is 1. The van der Waals surface area contributed by atoms with Crippen molar-refractivity contribution in [2.24, 2.45) is 24.8 Å². The number of anilines is 2.